The highest BCUT2D eigenvalue weighted by Gasteiger charge is 2.24. The minimum absolute atomic E-state index is 0.368. The van der Waals surface area contributed by atoms with Crippen LogP contribution in [0.2, 0.25) is 0 Å². The van der Waals surface area contributed by atoms with Crippen LogP contribution in [0.25, 0.3) is 95.8 Å². The van der Waals surface area contributed by atoms with Crippen LogP contribution < -0.4 is 0 Å². The van der Waals surface area contributed by atoms with E-state index in [1.165, 1.54) is 0 Å². The predicted octanol–water partition coefficient (Wildman–Crippen LogP) is 11.2. The molecule has 0 aliphatic carbocycles. The molecule has 0 amide bonds. The number of fused-ring (bicyclic) bond motifs is 3. The molecule has 0 N–H and O–H groups in total. The fourth-order valence-corrected chi connectivity index (χ4v) is 7.08. The van der Waals surface area contributed by atoms with Gasteiger partial charge in [-0.25, -0.2) is 29.9 Å². The fraction of sp³-hybridized carbons (Fsp3) is 0. The zero-order chi connectivity index (χ0) is 36.6. The lowest BCUT2D eigenvalue weighted by Gasteiger charge is -2.13. The second-order valence-electron chi connectivity index (χ2n) is 13.2. The lowest BCUT2D eigenvalue weighted by atomic mass is 10.1. The van der Waals surface area contributed by atoms with Gasteiger partial charge in [0.2, 0.25) is 5.82 Å². The van der Waals surface area contributed by atoms with Crippen molar-refractivity contribution in [3.05, 3.63) is 188 Å². The Morgan fingerprint density at radius 1 is 0.327 bits per heavy atom. The van der Waals surface area contributed by atoms with Gasteiger partial charge in [0.25, 0.3) is 0 Å². The van der Waals surface area contributed by atoms with Crippen LogP contribution in [-0.2, 0) is 0 Å². The van der Waals surface area contributed by atoms with Crippen molar-refractivity contribution >= 4 is 21.9 Å². The van der Waals surface area contributed by atoms with Crippen LogP contribution in [-0.4, -0.2) is 34.5 Å². The van der Waals surface area contributed by atoms with E-state index in [0.717, 1.165) is 67.0 Å². The van der Waals surface area contributed by atoms with Crippen LogP contribution in [0, 0.1) is 0 Å². The molecule has 7 nitrogen and oxygen atoms in total. The molecule has 0 fully saturated rings. The lowest BCUT2D eigenvalue weighted by molar-refractivity contribution is 1.06. The summed E-state index contributed by atoms with van der Waals surface area (Å²) >= 11 is 0. The molecular formula is C48H31N7. The van der Waals surface area contributed by atoms with Crippen molar-refractivity contribution < 1.29 is 0 Å². The number of aromatic nitrogens is 7. The van der Waals surface area contributed by atoms with Gasteiger partial charge < -0.3 is 0 Å². The molecule has 0 unspecified atom stereocenters. The smallest absolute Gasteiger partial charge is 0.200 e. The highest BCUT2D eigenvalue weighted by atomic mass is 15.1. The van der Waals surface area contributed by atoms with Gasteiger partial charge in [0, 0.05) is 33.3 Å². The molecule has 55 heavy (non-hydrogen) atoms. The summed E-state index contributed by atoms with van der Waals surface area (Å²) in [6.07, 6.45) is 0. The topological polar surface area (TPSA) is 82.3 Å². The molecule has 0 atom stereocenters. The van der Waals surface area contributed by atoms with Crippen molar-refractivity contribution in [2.24, 2.45) is 0 Å². The van der Waals surface area contributed by atoms with Crippen molar-refractivity contribution in [1.82, 2.24) is 34.5 Å². The molecule has 0 saturated carbocycles. The molecule has 0 radical (unpaired) electrons. The molecule has 0 aliphatic heterocycles. The van der Waals surface area contributed by atoms with Gasteiger partial charge in [0.1, 0.15) is 5.69 Å². The van der Waals surface area contributed by atoms with Crippen LogP contribution in [0.1, 0.15) is 0 Å². The zero-order valence-electron chi connectivity index (χ0n) is 29.5. The minimum atomic E-state index is 0.368. The normalized spacial score (nSPS) is 11.3. The third-order valence-corrected chi connectivity index (χ3v) is 9.67. The van der Waals surface area contributed by atoms with E-state index in [9.17, 15) is 0 Å². The summed E-state index contributed by atoms with van der Waals surface area (Å²) in [6, 6.07) is 63.3. The number of rotatable bonds is 7. The summed E-state index contributed by atoms with van der Waals surface area (Å²) in [6.45, 7) is 0. The molecule has 0 aliphatic rings. The molecule has 0 spiro atoms. The van der Waals surface area contributed by atoms with Crippen LogP contribution in [0.4, 0.5) is 0 Å². The van der Waals surface area contributed by atoms with Gasteiger partial charge in [0.15, 0.2) is 17.3 Å². The minimum Gasteiger partial charge on any atom is -0.294 e. The van der Waals surface area contributed by atoms with E-state index in [0.29, 0.717) is 28.8 Å². The van der Waals surface area contributed by atoms with Gasteiger partial charge in [0.05, 0.1) is 33.7 Å². The van der Waals surface area contributed by atoms with Crippen molar-refractivity contribution in [3.63, 3.8) is 0 Å². The highest BCUT2D eigenvalue weighted by molar-refractivity contribution is 6.13. The number of hydrogen-bond donors (Lipinski definition) is 0. The van der Waals surface area contributed by atoms with Crippen LogP contribution >= 0.6 is 0 Å². The molecule has 10 aromatic rings. The van der Waals surface area contributed by atoms with Crippen LogP contribution in [0.5, 0.6) is 0 Å². The monoisotopic (exact) mass is 705 g/mol. The average Bonchev–Trinajstić information content (AvgIpc) is 3.61. The number of benzene rings is 6. The van der Waals surface area contributed by atoms with E-state index in [4.69, 9.17) is 29.9 Å². The summed E-state index contributed by atoms with van der Waals surface area (Å²) in [4.78, 5) is 31.5. The summed E-state index contributed by atoms with van der Waals surface area (Å²) in [7, 11) is 0. The molecule has 6 aromatic carbocycles. The molecule has 4 heterocycles. The van der Waals surface area contributed by atoms with Crippen LogP contribution in [0.15, 0.2) is 188 Å². The third-order valence-electron chi connectivity index (χ3n) is 9.67. The molecular weight excluding hydrogens is 675 g/mol. The largest absolute Gasteiger partial charge is 0.294 e. The molecule has 0 bridgehead atoms. The van der Waals surface area contributed by atoms with E-state index >= 15 is 0 Å². The van der Waals surface area contributed by atoms with E-state index in [-0.39, 0.29) is 0 Å². The van der Waals surface area contributed by atoms with E-state index in [1.54, 1.807) is 0 Å². The highest BCUT2D eigenvalue weighted by Crippen LogP contribution is 2.38. The van der Waals surface area contributed by atoms with Gasteiger partial charge in [-0.1, -0.05) is 158 Å². The number of para-hydroxylation sites is 2. The van der Waals surface area contributed by atoms with Crippen molar-refractivity contribution in [2.45, 2.75) is 0 Å². The van der Waals surface area contributed by atoms with E-state index in [1.807, 2.05) is 115 Å². The van der Waals surface area contributed by atoms with Crippen molar-refractivity contribution in [1.29, 1.82) is 0 Å². The number of nitrogens with zero attached hydrogens (tertiary/aromatic N) is 7. The summed E-state index contributed by atoms with van der Waals surface area (Å²) in [5, 5.41) is 1.83. The lowest BCUT2D eigenvalue weighted by Crippen LogP contribution is -2.05. The second kappa shape index (κ2) is 13.7. The van der Waals surface area contributed by atoms with Gasteiger partial charge >= 0.3 is 0 Å². The Hall–Kier alpha value is -7.64. The van der Waals surface area contributed by atoms with Gasteiger partial charge in [-0.2, -0.15) is 0 Å². The Morgan fingerprint density at radius 3 is 1.18 bits per heavy atom. The quantitative estimate of drug-likeness (QED) is 0.164. The number of hydrogen-bond acceptors (Lipinski definition) is 6. The molecule has 7 heteroatoms. The Kier molecular flexibility index (Phi) is 8.00. The van der Waals surface area contributed by atoms with E-state index in [2.05, 4.69) is 77.4 Å². The maximum absolute atomic E-state index is 5.36. The standard InChI is InChI=1S/C48H31N7/c1-6-18-32(19-7-1)38-30-39(33-20-8-2-9-21-33)50-45(49-38)44-43-37-28-16-17-29-42(37)55(36-26-14-5-15-27-36)48(43)54-47(53-44)46-51-40(34-22-10-3-11-23-34)31-41(52-46)35-24-12-4-13-25-35/h1-31H. The summed E-state index contributed by atoms with van der Waals surface area (Å²) < 4.78 is 2.18. The molecule has 258 valence electrons. The van der Waals surface area contributed by atoms with Gasteiger partial charge in [-0.15, -0.1) is 0 Å². The van der Waals surface area contributed by atoms with Gasteiger partial charge in [-0.3, -0.25) is 4.57 Å². The first-order valence-corrected chi connectivity index (χ1v) is 18.1. The Labute approximate surface area is 317 Å². The molecule has 4 aromatic heterocycles. The first-order valence-electron chi connectivity index (χ1n) is 18.1. The summed E-state index contributed by atoms with van der Waals surface area (Å²) in [5.74, 6) is 1.25. The van der Waals surface area contributed by atoms with E-state index < -0.39 is 0 Å². The van der Waals surface area contributed by atoms with Gasteiger partial charge in [-0.05, 0) is 30.3 Å². The third kappa shape index (κ3) is 5.99. The van der Waals surface area contributed by atoms with Crippen molar-refractivity contribution in [3.8, 4) is 73.9 Å². The predicted molar refractivity (Wildman–Crippen MR) is 220 cm³/mol. The zero-order valence-corrected chi connectivity index (χ0v) is 29.5. The van der Waals surface area contributed by atoms with Crippen LogP contribution in [0.3, 0.4) is 0 Å². The first kappa shape index (κ1) is 32.0. The average molecular weight is 706 g/mol. The second-order valence-corrected chi connectivity index (χ2v) is 13.2. The molecule has 0 saturated heterocycles. The maximum Gasteiger partial charge on any atom is 0.200 e. The van der Waals surface area contributed by atoms with Crippen molar-refractivity contribution in [2.75, 3.05) is 0 Å². The summed E-state index contributed by atoms with van der Waals surface area (Å²) in [5.41, 5.74) is 10.3. The Morgan fingerprint density at radius 2 is 0.709 bits per heavy atom. The fourth-order valence-electron chi connectivity index (χ4n) is 7.08. The first-order chi connectivity index (χ1) is 27.3. The molecule has 10 rings (SSSR count). The Bertz CT molecular complexity index is 2830. The SMILES string of the molecule is c1ccc(-c2cc(-c3ccccc3)nc(-c3nc(-c4nc(-c5ccccc5)cc(-c5ccccc5)n4)c4c5ccccc5n(-c5ccccc5)c4n3)n2)cc1. The maximum atomic E-state index is 5.36. The Balaban J connectivity index is 1.32.